The van der Waals surface area contributed by atoms with Crippen molar-refractivity contribution < 1.29 is 18.8 Å². The van der Waals surface area contributed by atoms with Crippen LogP contribution in [0.2, 0.25) is 0 Å². The number of carbonyl (C=O) groups is 1. The van der Waals surface area contributed by atoms with E-state index in [9.17, 15) is 4.79 Å². The summed E-state index contributed by atoms with van der Waals surface area (Å²) in [6.07, 6.45) is 3.42. The van der Waals surface area contributed by atoms with E-state index in [1.54, 1.807) is 0 Å². The van der Waals surface area contributed by atoms with Crippen molar-refractivity contribution in [2.24, 2.45) is 5.92 Å². The van der Waals surface area contributed by atoms with Crippen LogP contribution in [0.4, 0.5) is 4.79 Å². The van der Waals surface area contributed by atoms with Gasteiger partial charge in [-0.05, 0) is 72.7 Å². The Balaban J connectivity index is 1.98. The van der Waals surface area contributed by atoms with Crippen molar-refractivity contribution in [1.29, 1.82) is 0 Å². The van der Waals surface area contributed by atoms with Gasteiger partial charge in [-0.1, -0.05) is 13.0 Å². The first-order chi connectivity index (χ1) is 10.8. The Bertz CT molecular complexity index is 506. The second kappa shape index (κ2) is 6.38. The van der Waals surface area contributed by atoms with Crippen LogP contribution in [0.25, 0.3) is 0 Å². The minimum atomic E-state index is -0.478. The molecule has 1 saturated heterocycles. The Kier molecular flexibility index (Phi) is 5.13. The molecule has 0 spiro atoms. The molecule has 1 fully saturated rings. The summed E-state index contributed by atoms with van der Waals surface area (Å²) in [5.74, 6) is 0.286. The third kappa shape index (κ3) is 4.34. The van der Waals surface area contributed by atoms with Crippen LogP contribution in [-0.2, 0) is 14.0 Å². The van der Waals surface area contributed by atoms with Crippen LogP contribution in [0.3, 0.4) is 0 Å². The quantitative estimate of drug-likeness (QED) is 0.777. The highest BCUT2D eigenvalue weighted by Crippen LogP contribution is 2.41. The number of allylic oxidation sites excluding steroid dienone is 1. The maximum atomic E-state index is 11.9. The van der Waals surface area contributed by atoms with Crippen LogP contribution in [0.5, 0.6) is 0 Å². The summed E-state index contributed by atoms with van der Waals surface area (Å²) in [7, 11) is -0.299. The molecular formula is C18H32BNO4. The van der Waals surface area contributed by atoms with Gasteiger partial charge in [0.2, 0.25) is 0 Å². The number of rotatable bonds is 2. The zero-order chi connectivity index (χ0) is 18.3. The van der Waals surface area contributed by atoms with Crippen molar-refractivity contribution in [3.05, 3.63) is 11.5 Å². The maximum Gasteiger partial charge on any atom is 0.490 e. The van der Waals surface area contributed by atoms with Gasteiger partial charge in [-0.25, -0.2) is 4.79 Å². The van der Waals surface area contributed by atoms with Crippen molar-refractivity contribution in [3.8, 4) is 0 Å². The summed E-state index contributed by atoms with van der Waals surface area (Å²) in [5.41, 5.74) is 0.0396. The van der Waals surface area contributed by atoms with Crippen LogP contribution in [0.1, 0.15) is 68.2 Å². The topological polar surface area (TPSA) is 56.8 Å². The molecule has 0 aromatic carbocycles. The minimum absolute atomic E-state index is 0.0843. The zero-order valence-corrected chi connectivity index (χ0v) is 16.4. The summed E-state index contributed by atoms with van der Waals surface area (Å²) in [5, 5.41) is 2.96. The fourth-order valence-electron chi connectivity index (χ4n) is 3.04. The smallest absolute Gasteiger partial charge is 0.444 e. The highest BCUT2D eigenvalue weighted by atomic mass is 16.7. The summed E-state index contributed by atoms with van der Waals surface area (Å²) in [6, 6.07) is 0.0843. The molecule has 2 aliphatic rings. The summed E-state index contributed by atoms with van der Waals surface area (Å²) in [6.45, 7) is 16.0. The van der Waals surface area contributed by atoms with Crippen molar-refractivity contribution in [3.63, 3.8) is 0 Å². The molecule has 2 unspecified atom stereocenters. The molecule has 0 bridgehead atoms. The molecule has 136 valence electrons. The fourth-order valence-corrected chi connectivity index (χ4v) is 3.04. The van der Waals surface area contributed by atoms with Gasteiger partial charge in [-0.3, -0.25) is 0 Å². The molecule has 24 heavy (non-hydrogen) atoms. The molecule has 5 nitrogen and oxygen atoms in total. The van der Waals surface area contributed by atoms with Crippen molar-refractivity contribution in [2.45, 2.75) is 91.1 Å². The second-order valence-electron chi connectivity index (χ2n) is 9.01. The molecule has 1 aliphatic heterocycles. The van der Waals surface area contributed by atoms with Gasteiger partial charge in [-0.2, -0.15) is 0 Å². The van der Waals surface area contributed by atoms with E-state index in [0.717, 1.165) is 12.8 Å². The number of carbonyl (C=O) groups excluding carboxylic acids is 1. The Morgan fingerprint density at radius 2 is 1.79 bits per heavy atom. The van der Waals surface area contributed by atoms with Crippen molar-refractivity contribution >= 4 is 13.2 Å². The molecule has 1 amide bonds. The molecule has 0 radical (unpaired) electrons. The molecular weight excluding hydrogens is 305 g/mol. The highest BCUT2D eigenvalue weighted by molar-refractivity contribution is 6.54. The lowest BCUT2D eigenvalue weighted by molar-refractivity contribution is 0.00578. The van der Waals surface area contributed by atoms with Crippen molar-refractivity contribution in [1.82, 2.24) is 5.32 Å². The number of hydrogen-bond donors (Lipinski definition) is 1. The van der Waals surface area contributed by atoms with Crippen LogP contribution in [0.15, 0.2) is 11.5 Å². The van der Waals surface area contributed by atoms with E-state index in [0.29, 0.717) is 0 Å². The molecule has 1 aliphatic carbocycles. The minimum Gasteiger partial charge on any atom is -0.444 e. The SMILES string of the molecule is CC1CC(NC(=O)OC(C)(C)C)CC=C1B1OC(C)(C)C(C)(C)O1. The van der Waals surface area contributed by atoms with E-state index < -0.39 is 5.60 Å². The van der Waals surface area contributed by atoms with Crippen LogP contribution < -0.4 is 5.32 Å². The Hall–Kier alpha value is -1.01. The van der Waals surface area contributed by atoms with Crippen LogP contribution in [0, 0.1) is 5.92 Å². The molecule has 0 aromatic heterocycles. The Labute approximate surface area is 146 Å². The molecule has 0 saturated carbocycles. The maximum absolute atomic E-state index is 11.9. The number of ether oxygens (including phenoxy) is 1. The van der Waals surface area contributed by atoms with Gasteiger partial charge in [0.05, 0.1) is 11.2 Å². The molecule has 0 aromatic rings. The van der Waals surface area contributed by atoms with Crippen molar-refractivity contribution in [2.75, 3.05) is 0 Å². The van der Waals surface area contributed by atoms with Gasteiger partial charge in [0, 0.05) is 6.04 Å². The Morgan fingerprint density at radius 3 is 2.25 bits per heavy atom. The second-order valence-corrected chi connectivity index (χ2v) is 9.01. The first kappa shape index (κ1) is 19.3. The predicted octanol–water partition coefficient (Wildman–Crippen LogP) is 3.87. The highest BCUT2D eigenvalue weighted by Gasteiger charge is 2.53. The number of nitrogens with one attached hydrogen (secondary N) is 1. The third-order valence-electron chi connectivity index (χ3n) is 5.09. The summed E-state index contributed by atoms with van der Waals surface area (Å²) < 4.78 is 17.6. The number of alkyl carbamates (subject to hydrolysis) is 1. The first-order valence-corrected chi connectivity index (χ1v) is 8.86. The lowest BCUT2D eigenvalue weighted by atomic mass is 9.66. The lowest BCUT2D eigenvalue weighted by Gasteiger charge is -2.32. The average Bonchev–Trinajstić information content (AvgIpc) is 2.55. The molecule has 6 heteroatoms. The summed E-state index contributed by atoms with van der Waals surface area (Å²) >= 11 is 0. The molecule has 2 atom stereocenters. The summed E-state index contributed by atoms with van der Waals surface area (Å²) in [4.78, 5) is 11.9. The first-order valence-electron chi connectivity index (χ1n) is 8.86. The normalized spacial score (nSPS) is 29.2. The molecule has 2 rings (SSSR count). The van der Waals surface area contributed by atoms with E-state index in [-0.39, 0.29) is 36.4 Å². The van der Waals surface area contributed by atoms with E-state index in [2.05, 4.69) is 46.0 Å². The molecule has 1 N–H and O–H groups in total. The average molecular weight is 337 g/mol. The largest absolute Gasteiger partial charge is 0.490 e. The van der Waals surface area contributed by atoms with Crippen LogP contribution in [-0.4, -0.2) is 36.1 Å². The van der Waals surface area contributed by atoms with E-state index in [4.69, 9.17) is 14.0 Å². The van der Waals surface area contributed by atoms with Gasteiger partial charge in [0.25, 0.3) is 0 Å². The van der Waals surface area contributed by atoms with E-state index in [1.165, 1.54) is 5.47 Å². The van der Waals surface area contributed by atoms with Crippen LogP contribution >= 0.6 is 0 Å². The molecule has 1 heterocycles. The van der Waals surface area contributed by atoms with E-state index >= 15 is 0 Å². The zero-order valence-electron chi connectivity index (χ0n) is 16.4. The van der Waals surface area contributed by atoms with Gasteiger partial charge in [0.1, 0.15) is 5.60 Å². The fraction of sp³-hybridized carbons (Fsp3) is 0.833. The lowest BCUT2D eigenvalue weighted by Crippen LogP contribution is -2.42. The number of hydrogen-bond acceptors (Lipinski definition) is 4. The van der Waals surface area contributed by atoms with Gasteiger partial charge >= 0.3 is 13.2 Å². The Morgan fingerprint density at radius 1 is 1.25 bits per heavy atom. The monoisotopic (exact) mass is 337 g/mol. The predicted molar refractivity (Wildman–Crippen MR) is 95.7 cm³/mol. The standard InChI is InChI=1S/C18H32BNO4/c1-12-11-13(20-15(21)22-16(2,3)4)9-10-14(12)19-23-17(5,6)18(7,8)24-19/h10,12-13H,9,11H2,1-8H3,(H,20,21). The third-order valence-corrected chi connectivity index (χ3v) is 5.09. The van der Waals surface area contributed by atoms with Gasteiger partial charge in [0.15, 0.2) is 0 Å². The van der Waals surface area contributed by atoms with Gasteiger partial charge < -0.3 is 19.4 Å². The van der Waals surface area contributed by atoms with E-state index in [1.807, 2.05) is 20.8 Å². The number of amides is 1. The van der Waals surface area contributed by atoms with Gasteiger partial charge in [-0.15, -0.1) is 0 Å².